The zero-order valence-electron chi connectivity index (χ0n) is 16.7. The van der Waals surface area contributed by atoms with E-state index in [0.717, 1.165) is 11.1 Å². The predicted octanol–water partition coefficient (Wildman–Crippen LogP) is 5.08. The number of hydrogen-bond acceptors (Lipinski definition) is 5. The van der Waals surface area contributed by atoms with Crippen LogP contribution in [-0.4, -0.2) is 22.3 Å². The second-order valence-electron chi connectivity index (χ2n) is 7.52. The number of nitrogens with one attached hydrogen (secondary N) is 1. The fourth-order valence-electron chi connectivity index (χ4n) is 3.49. The molecule has 3 aromatic rings. The molecule has 2 aromatic carbocycles. The first-order valence-corrected chi connectivity index (χ1v) is 9.74. The standard InChI is InChI=1S/C23H22N2O5/c1-14-19(24-22(28)29-15(2)16-6-4-3-5-7-16)20(30-25-14)17-8-10-18(11-9-17)23(12-13-23)21(26)27/h3-11,15H,12-13H2,1-2H3,(H,24,28)(H,26,27)/t15-/m1/s1. The van der Waals surface area contributed by atoms with E-state index in [1.165, 1.54) is 0 Å². The van der Waals surface area contributed by atoms with Crippen molar-refractivity contribution in [1.82, 2.24) is 5.16 Å². The molecule has 0 radical (unpaired) electrons. The van der Waals surface area contributed by atoms with Crippen LogP contribution in [-0.2, 0) is 14.9 Å². The fourth-order valence-corrected chi connectivity index (χ4v) is 3.49. The number of benzene rings is 2. The maximum Gasteiger partial charge on any atom is 0.412 e. The molecule has 1 aliphatic carbocycles. The Kier molecular flexibility index (Phi) is 5.03. The number of carboxylic acid groups (broad SMARTS) is 1. The molecule has 7 nitrogen and oxygen atoms in total. The van der Waals surface area contributed by atoms with Crippen molar-refractivity contribution >= 4 is 17.7 Å². The molecule has 4 rings (SSSR count). The summed E-state index contributed by atoms with van der Waals surface area (Å²) in [4.78, 5) is 23.9. The highest BCUT2D eigenvalue weighted by Crippen LogP contribution is 2.48. The number of carbonyl (C=O) groups excluding carboxylic acids is 1. The minimum atomic E-state index is -0.802. The molecule has 7 heteroatoms. The van der Waals surface area contributed by atoms with Crippen molar-refractivity contribution < 1.29 is 24.0 Å². The Morgan fingerprint density at radius 3 is 2.40 bits per heavy atom. The van der Waals surface area contributed by atoms with E-state index in [4.69, 9.17) is 9.26 Å². The lowest BCUT2D eigenvalue weighted by Crippen LogP contribution is -2.19. The van der Waals surface area contributed by atoms with E-state index < -0.39 is 23.6 Å². The number of aryl methyl sites for hydroxylation is 1. The third-order valence-corrected chi connectivity index (χ3v) is 5.50. The average Bonchev–Trinajstić information content (AvgIpc) is 3.49. The van der Waals surface area contributed by atoms with E-state index >= 15 is 0 Å². The van der Waals surface area contributed by atoms with Gasteiger partial charge in [-0.3, -0.25) is 10.1 Å². The smallest absolute Gasteiger partial charge is 0.412 e. The summed E-state index contributed by atoms with van der Waals surface area (Å²) in [7, 11) is 0. The van der Waals surface area contributed by atoms with Crippen LogP contribution in [0.1, 0.15) is 42.7 Å². The van der Waals surface area contributed by atoms with Crippen LogP contribution >= 0.6 is 0 Å². The fraction of sp³-hybridized carbons (Fsp3) is 0.261. The van der Waals surface area contributed by atoms with Crippen LogP contribution in [0.15, 0.2) is 59.1 Å². The maximum atomic E-state index is 12.4. The second kappa shape index (κ2) is 7.67. The molecule has 0 unspecified atom stereocenters. The zero-order chi connectivity index (χ0) is 21.3. The summed E-state index contributed by atoms with van der Waals surface area (Å²) in [6, 6.07) is 16.6. The van der Waals surface area contributed by atoms with Gasteiger partial charge in [-0.25, -0.2) is 4.79 Å². The van der Waals surface area contributed by atoms with E-state index in [9.17, 15) is 14.7 Å². The monoisotopic (exact) mass is 406 g/mol. The van der Waals surface area contributed by atoms with E-state index in [1.54, 1.807) is 38.1 Å². The van der Waals surface area contributed by atoms with Gasteiger partial charge < -0.3 is 14.4 Å². The number of hydrogen-bond donors (Lipinski definition) is 2. The molecule has 0 aliphatic heterocycles. The molecule has 1 fully saturated rings. The molecule has 1 heterocycles. The van der Waals surface area contributed by atoms with Crippen molar-refractivity contribution in [3.63, 3.8) is 0 Å². The lowest BCUT2D eigenvalue weighted by molar-refractivity contribution is -0.140. The van der Waals surface area contributed by atoms with Gasteiger partial charge in [0.05, 0.1) is 5.41 Å². The number of aliphatic carboxylic acids is 1. The van der Waals surface area contributed by atoms with Crippen LogP contribution in [0.2, 0.25) is 0 Å². The molecule has 1 amide bonds. The summed E-state index contributed by atoms with van der Waals surface area (Å²) in [5.74, 6) is -0.410. The molecular formula is C23H22N2O5. The summed E-state index contributed by atoms with van der Waals surface area (Å²) >= 11 is 0. The van der Waals surface area contributed by atoms with Crippen molar-refractivity contribution in [2.75, 3.05) is 5.32 Å². The highest BCUT2D eigenvalue weighted by Gasteiger charge is 2.51. The zero-order valence-corrected chi connectivity index (χ0v) is 16.7. The molecule has 154 valence electrons. The number of amides is 1. The Morgan fingerprint density at radius 1 is 1.13 bits per heavy atom. The van der Waals surface area contributed by atoms with E-state index in [1.807, 2.05) is 30.3 Å². The quantitative estimate of drug-likeness (QED) is 0.592. The van der Waals surface area contributed by atoms with Crippen LogP contribution in [0, 0.1) is 6.92 Å². The first-order valence-electron chi connectivity index (χ1n) is 9.74. The van der Waals surface area contributed by atoms with E-state index in [-0.39, 0.29) is 0 Å². The highest BCUT2D eigenvalue weighted by atomic mass is 16.6. The normalized spacial score (nSPS) is 15.3. The SMILES string of the molecule is Cc1noc(-c2ccc(C3(C(=O)O)CC3)cc2)c1NC(=O)O[C@H](C)c1ccccc1. The van der Waals surface area contributed by atoms with Crippen molar-refractivity contribution in [3.8, 4) is 11.3 Å². The predicted molar refractivity (Wildman–Crippen MR) is 110 cm³/mol. The van der Waals surface area contributed by atoms with Gasteiger partial charge in [0.25, 0.3) is 0 Å². The van der Waals surface area contributed by atoms with Gasteiger partial charge in [0.2, 0.25) is 0 Å². The molecule has 1 aliphatic rings. The van der Waals surface area contributed by atoms with E-state index in [2.05, 4.69) is 10.5 Å². The van der Waals surface area contributed by atoms with Crippen molar-refractivity contribution in [1.29, 1.82) is 0 Å². The number of rotatable bonds is 6. The molecule has 0 saturated heterocycles. The van der Waals surface area contributed by atoms with Crippen LogP contribution in [0.4, 0.5) is 10.5 Å². The Bertz CT molecular complexity index is 1070. The van der Waals surface area contributed by atoms with Gasteiger partial charge in [-0.05, 0) is 37.8 Å². The van der Waals surface area contributed by atoms with Crippen molar-refractivity contribution in [2.45, 2.75) is 38.2 Å². The number of nitrogens with zero attached hydrogens (tertiary/aromatic N) is 1. The Labute approximate surface area is 173 Å². The number of ether oxygens (including phenoxy) is 1. The van der Waals surface area contributed by atoms with Gasteiger partial charge in [0, 0.05) is 5.56 Å². The molecule has 1 saturated carbocycles. The minimum Gasteiger partial charge on any atom is -0.481 e. The Hall–Kier alpha value is -3.61. The molecule has 0 spiro atoms. The number of aromatic nitrogens is 1. The summed E-state index contributed by atoms with van der Waals surface area (Å²) in [6.45, 7) is 3.52. The minimum absolute atomic E-state index is 0.392. The summed E-state index contributed by atoms with van der Waals surface area (Å²) < 4.78 is 10.9. The van der Waals surface area contributed by atoms with E-state index in [0.29, 0.717) is 35.5 Å². The van der Waals surface area contributed by atoms with Crippen LogP contribution in [0.5, 0.6) is 0 Å². The van der Waals surface area contributed by atoms with Gasteiger partial charge in [0.1, 0.15) is 17.5 Å². The number of carbonyl (C=O) groups is 2. The third-order valence-electron chi connectivity index (χ3n) is 5.50. The lowest BCUT2D eigenvalue weighted by Gasteiger charge is -2.14. The summed E-state index contributed by atoms with van der Waals surface area (Å²) in [5, 5.41) is 16.1. The van der Waals surface area contributed by atoms with Gasteiger partial charge in [-0.15, -0.1) is 0 Å². The first kappa shape index (κ1) is 19.7. The van der Waals surface area contributed by atoms with Crippen LogP contribution in [0.3, 0.4) is 0 Å². The van der Waals surface area contributed by atoms with Crippen molar-refractivity contribution in [2.24, 2.45) is 0 Å². The number of carboxylic acids is 1. The summed E-state index contributed by atoms with van der Waals surface area (Å²) in [5.41, 5.74) is 2.51. The van der Waals surface area contributed by atoms with Crippen LogP contribution < -0.4 is 5.32 Å². The van der Waals surface area contributed by atoms with Crippen LogP contribution in [0.25, 0.3) is 11.3 Å². The van der Waals surface area contributed by atoms with Gasteiger partial charge in [0.15, 0.2) is 5.76 Å². The molecule has 1 atom stereocenters. The molecule has 0 bridgehead atoms. The topological polar surface area (TPSA) is 102 Å². The Balaban J connectivity index is 1.51. The molecule has 2 N–H and O–H groups in total. The van der Waals surface area contributed by atoms with Gasteiger partial charge in [-0.1, -0.05) is 59.8 Å². The summed E-state index contributed by atoms with van der Waals surface area (Å²) in [6.07, 6.45) is 0.251. The second-order valence-corrected chi connectivity index (χ2v) is 7.52. The highest BCUT2D eigenvalue weighted by molar-refractivity contribution is 5.91. The average molecular weight is 406 g/mol. The Morgan fingerprint density at radius 2 is 1.80 bits per heavy atom. The van der Waals surface area contributed by atoms with Gasteiger partial charge >= 0.3 is 12.1 Å². The van der Waals surface area contributed by atoms with Crippen molar-refractivity contribution in [3.05, 3.63) is 71.4 Å². The molecule has 1 aromatic heterocycles. The molecular weight excluding hydrogens is 384 g/mol. The number of anilines is 1. The lowest BCUT2D eigenvalue weighted by atomic mass is 9.95. The largest absolute Gasteiger partial charge is 0.481 e. The molecule has 30 heavy (non-hydrogen) atoms. The third kappa shape index (κ3) is 3.66. The first-order chi connectivity index (χ1) is 14.4. The van der Waals surface area contributed by atoms with Gasteiger partial charge in [-0.2, -0.15) is 0 Å². The maximum absolute atomic E-state index is 12.4.